The summed E-state index contributed by atoms with van der Waals surface area (Å²) in [7, 11) is 0. The van der Waals surface area contributed by atoms with E-state index in [1.54, 1.807) is 36.7 Å². The molecule has 2 amide bonds. The molecule has 0 bridgehead atoms. The number of carboxylic acid groups (broad SMARTS) is 1. The van der Waals surface area contributed by atoms with Gasteiger partial charge in [-0.15, -0.1) is 0 Å². The number of anilines is 1. The number of carbonyl (C=O) groups is 2. The molecular weight excluding hydrogens is 378 g/mol. The second-order valence-corrected chi connectivity index (χ2v) is 8.02. The van der Waals surface area contributed by atoms with Gasteiger partial charge in [-0.1, -0.05) is 57.2 Å². The van der Waals surface area contributed by atoms with Gasteiger partial charge in [0, 0.05) is 18.1 Å². The van der Waals surface area contributed by atoms with Crippen molar-refractivity contribution in [3.63, 3.8) is 0 Å². The van der Waals surface area contributed by atoms with Crippen LogP contribution in [0, 0.1) is 0 Å². The van der Waals surface area contributed by atoms with Crippen molar-refractivity contribution in [3.8, 4) is 11.1 Å². The highest BCUT2D eigenvalue weighted by Gasteiger charge is 2.28. The van der Waals surface area contributed by atoms with Crippen LogP contribution in [0.1, 0.15) is 37.9 Å². The molecule has 3 aromatic rings. The topological polar surface area (TPSA) is 91.3 Å². The second-order valence-electron chi connectivity index (χ2n) is 8.02. The lowest BCUT2D eigenvalue weighted by molar-refractivity contribution is -0.139. The van der Waals surface area contributed by atoms with Crippen LogP contribution in [-0.4, -0.2) is 22.1 Å². The Kier molecular flexibility index (Phi) is 6.16. The van der Waals surface area contributed by atoms with Crippen LogP contribution in [0.5, 0.6) is 0 Å². The van der Waals surface area contributed by atoms with Crippen LogP contribution < -0.4 is 10.6 Å². The largest absolute Gasteiger partial charge is 0.479 e. The quantitative estimate of drug-likeness (QED) is 0.559. The standard InChI is InChI=1S/C24H25N3O3/c1-24(2,3)20-7-5-4-6-19(20)21(22(28)29)27-23(30)26-18-10-8-16(9-11-18)17-12-14-25-15-13-17/h4-15,21H,1-3H3,(H,28,29)(H2,26,27,30)/t21-/m1/s1. The molecule has 0 fully saturated rings. The van der Waals surface area contributed by atoms with Crippen LogP contribution in [0.2, 0.25) is 0 Å². The van der Waals surface area contributed by atoms with Crippen molar-refractivity contribution < 1.29 is 14.7 Å². The fourth-order valence-corrected chi connectivity index (χ4v) is 3.29. The molecule has 0 aliphatic rings. The number of aliphatic carboxylic acids is 1. The van der Waals surface area contributed by atoms with Crippen molar-refractivity contribution in [2.24, 2.45) is 0 Å². The molecule has 1 atom stereocenters. The molecule has 0 saturated heterocycles. The summed E-state index contributed by atoms with van der Waals surface area (Å²) < 4.78 is 0. The Morgan fingerprint density at radius 3 is 2.10 bits per heavy atom. The van der Waals surface area contributed by atoms with E-state index in [9.17, 15) is 14.7 Å². The molecule has 0 aliphatic heterocycles. The van der Waals surface area contributed by atoms with Gasteiger partial charge in [-0.2, -0.15) is 0 Å². The van der Waals surface area contributed by atoms with Crippen LogP contribution in [0.3, 0.4) is 0 Å². The first kappa shape index (κ1) is 21.0. The molecule has 6 heteroatoms. The molecule has 0 aliphatic carbocycles. The third-order valence-corrected chi connectivity index (χ3v) is 4.76. The molecule has 0 radical (unpaired) electrons. The number of nitrogens with zero attached hydrogens (tertiary/aromatic N) is 1. The summed E-state index contributed by atoms with van der Waals surface area (Å²) in [6, 6.07) is 16.7. The maximum atomic E-state index is 12.5. The Balaban J connectivity index is 1.75. The third kappa shape index (κ3) is 5.03. The van der Waals surface area contributed by atoms with Gasteiger partial charge in [0.1, 0.15) is 0 Å². The summed E-state index contributed by atoms with van der Waals surface area (Å²) in [5.41, 5.74) is 3.76. The molecule has 2 aromatic carbocycles. The zero-order chi connectivity index (χ0) is 21.7. The SMILES string of the molecule is CC(C)(C)c1ccccc1[C@@H](NC(=O)Nc1ccc(-c2ccncc2)cc1)C(=O)O. The number of amides is 2. The van der Waals surface area contributed by atoms with E-state index >= 15 is 0 Å². The number of hydrogen-bond donors (Lipinski definition) is 3. The van der Waals surface area contributed by atoms with Gasteiger partial charge in [0.25, 0.3) is 0 Å². The highest BCUT2D eigenvalue weighted by Crippen LogP contribution is 2.30. The molecule has 0 unspecified atom stereocenters. The number of carbonyl (C=O) groups excluding carboxylic acids is 1. The molecule has 6 nitrogen and oxygen atoms in total. The zero-order valence-corrected chi connectivity index (χ0v) is 17.2. The summed E-state index contributed by atoms with van der Waals surface area (Å²) in [6.45, 7) is 6.03. The highest BCUT2D eigenvalue weighted by atomic mass is 16.4. The second kappa shape index (κ2) is 8.78. The summed E-state index contributed by atoms with van der Waals surface area (Å²) in [6.07, 6.45) is 3.44. The first-order chi connectivity index (χ1) is 14.3. The minimum absolute atomic E-state index is 0.259. The van der Waals surface area contributed by atoms with Crippen molar-refractivity contribution in [1.29, 1.82) is 0 Å². The molecule has 1 heterocycles. The van der Waals surface area contributed by atoms with E-state index in [0.717, 1.165) is 16.7 Å². The van der Waals surface area contributed by atoms with Crippen LogP contribution in [0.15, 0.2) is 73.1 Å². The number of carboxylic acids is 1. The molecule has 1 aromatic heterocycles. The molecule has 0 saturated carbocycles. The number of nitrogens with one attached hydrogen (secondary N) is 2. The summed E-state index contributed by atoms with van der Waals surface area (Å²) in [5, 5.41) is 15.0. The number of pyridine rings is 1. The van der Waals surface area contributed by atoms with Gasteiger partial charge in [0.15, 0.2) is 6.04 Å². The van der Waals surface area contributed by atoms with Gasteiger partial charge < -0.3 is 15.7 Å². The third-order valence-electron chi connectivity index (χ3n) is 4.76. The predicted octanol–water partition coefficient (Wildman–Crippen LogP) is 4.99. The van der Waals surface area contributed by atoms with E-state index in [2.05, 4.69) is 15.6 Å². The van der Waals surface area contributed by atoms with Gasteiger partial charge in [-0.05, 0) is 51.9 Å². The van der Waals surface area contributed by atoms with Gasteiger partial charge in [-0.3, -0.25) is 4.98 Å². The summed E-state index contributed by atoms with van der Waals surface area (Å²) in [4.78, 5) is 28.4. The van der Waals surface area contributed by atoms with Crippen molar-refractivity contribution in [2.75, 3.05) is 5.32 Å². The van der Waals surface area contributed by atoms with E-state index in [1.165, 1.54) is 0 Å². The predicted molar refractivity (Wildman–Crippen MR) is 117 cm³/mol. The molecule has 0 spiro atoms. The summed E-state index contributed by atoms with van der Waals surface area (Å²) in [5.74, 6) is -1.12. The zero-order valence-electron chi connectivity index (χ0n) is 17.2. The fourth-order valence-electron chi connectivity index (χ4n) is 3.29. The van der Waals surface area contributed by atoms with Gasteiger partial charge in [0.05, 0.1) is 0 Å². The van der Waals surface area contributed by atoms with Gasteiger partial charge >= 0.3 is 12.0 Å². The Morgan fingerprint density at radius 1 is 0.900 bits per heavy atom. The number of hydrogen-bond acceptors (Lipinski definition) is 3. The molecule has 3 N–H and O–H groups in total. The minimum Gasteiger partial charge on any atom is -0.479 e. The van der Waals surface area contributed by atoms with Crippen LogP contribution in [0.4, 0.5) is 10.5 Å². The number of rotatable bonds is 5. The lowest BCUT2D eigenvalue weighted by atomic mass is 9.82. The number of benzene rings is 2. The highest BCUT2D eigenvalue weighted by molar-refractivity contribution is 5.93. The fraction of sp³-hybridized carbons (Fsp3) is 0.208. The smallest absolute Gasteiger partial charge is 0.330 e. The maximum absolute atomic E-state index is 12.5. The van der Waals surface area contributed by atoms with Crippen molar-refractivity contribution in [1.82, 2.24) is 10.3 Å². The lowest BCUT2D eigenvalue weighted by Crippen LogP contribution is -2.38. The Morgan fingerprint density at radius 2 is 1.50 bits per heavy atom. The maximum Gasteiger partial charge on any atom is 0.330 e. The van der Waals surface area contributed by atoms with Crippen LogP contribution >= 0.6 is 0 Å². The molecular formula is C24H25N3O3. The number of aromatic nitrogens is 1. The Labute approximate surface area is 176 Å². The van der Waals surface area contributed by atoms with E-state index in [-0.39, 0.29) is 5.41 Å². The van der Waals surface area contributed by atoms with Gasteiger partial charge in [-0.25, -0.2) is 9.59 Å². The number of urea groups is 1. The van der Waals surface area contributed by atoms with Crippen LogP contribution in [0.25, 0.3) is 11.1 Å². The first-order valence-corrected chi connectivity index (χ1v) is 9.66. The van der Waals surface area contributed by atoms with E-state index in [0.29, 0.717) is 11.3 Å². The molecule has 30 heavy (non-hydrogen) atoms. The average molecular weight is 403 g/mol. The minimum atomic E-state index is -1.16. The normalized spacial score (nSPS) is 12.1. The van der Waals surface area contributed by atoms with E-state index in [1.807, 2.05) is 57.2 Å². The average Bonchev–Trinajstić information content (AvgIpc) is 2.72. The Bertz CT molecular complexity index is 1030. The molecule has 154 valence electrons. The van der Waals surface area contributed by atoms with Crippen molar-refractivity contribution >= 4 is 17.7 Å². The van der Waals surface area contributed by atoms with E-state index in [4.69, 9.17) is 0 Å². The summed E-state index contributed by atoms with van der Waals surface area (Å²) >= 11 is 0. The van der Waals surface area contributed by atoms with E-state index < -0.39 is 18.0 Å². The van der Waals surface area contributed by atoms with Crippen molar-refractivity contribution in [3.05, 3.63) is 84.2 Å². The van der Waals surface area contributed by atoms with Crippen molar-refractivity contribution in [2.45, 2.75) is 32.2 Å². The van der Waals surface area contributed by atoms with Gasteiger partial charge in [0.2, 0.25) is 0 Å². The first-order valence-electron chi connectivity index (χ1n) is 9.66. The molecule has 3 rings (SSSR count). The monoisotopic (exact) mass is 403 g/mol. The Hall–Kier alpha value is -3.67. The van der Waals surface area contributed by atoms with Crippen LogP contribution in [-0.2, 0) is 10.2 Å². The lowest BCUT2D eigenvalue weighted by Gasteiger charge is -2.26.